The lowest BCUT2D eigenvalue weighted by Crippen LogP contribution is -2.36. The van der Waals surface area contributed by atoms with E-state index in [1.54, 1.807) is 0 Å². The number of aromatic nitrogens is 2. The van der Waals surface area contributed by atoms with Crippen molar-refractivity contribution in [1.82, 2.24) is 15.3 Å². The summed E-state index contributed by atoms with van der Waals surface area (Å²) >= 11 is 5.53. The van der Waals surface area contributed by atoms with Crippen molar-refractivity contribution in [3.63, 3.8) is 0 Å². The van der Waals surface area contributed by atoms with Crippen molar-refractivity contribution in [3.8, 4) is 0 Å². The molecule has 1 heterocycles. The number of hydrogen-bond donors (Lipinski definition) is 3. The van der Waals surface area contributed by atoms with E-state index >= 15 is 0 Å². The van der Waals surface area contributed by atoms with E-state index in [-0.39, 0.29) is 0 Å². The number of nitrogens with zero attached hydrogens (tertiary/aromatic N) is 3. The minimum absolute atomic E-state index is 0.400. The number of hydrogen-bond acceptors (Lipinski definition) is 5. The molecule has 1 aliphatic rings. The molecule has 0 radical (unpaired) electrons. The van der Waals surface area contributed by atoms with E-state index in [1.165, 1.54) is 11.1 Å². The molecule has 0 saturated heterocycles. The average molecular weight is 463 g/mol. The molecule has 1 aromatic heterocycles. The van der Waals surface area contributed by atoms with E-state index in [4.69, 9.17) is 22.2 Å². The van der Waals surface area contributed by atoms with Crippen molar-refractivity contribution in [1.29, 1.82) is 0 Å². The van der Waals surface area contributed by atoms with Crippen LogP contribution in [0, 0.1) is 19.8 Å². The van der Waals surface area contributed by atoms with Crippen molar-refractivity contribution in [2.45, 2.75) is 45.6 Å². The van der Waals surface area contributed by atoms with E-state index in [0.29, 0.717) is 17.1 Å². The van der Waals surface area contributed by atoms with Crippen LogP contribution >= 0.6 is 12.2 Å². The highest BCUT2D eigenvalue weighted by atomic mass is 32.1. The second-order valence-electron chi connectivity index (χ2n) is 9.30. The predicted octanol–water partition coefficient (Wildman–Crippen LogP) is 5.27. The van der Waals surface area contributed by atoms with Gasteiger partial charge in [-0.05, 0) is 87.0 Å². The van der Waals surface area contributed by atoms with Crippen molar-refractivity contribution in [2.75, 3.05) is 36.2 Å². The van der Waals surface area contributed by atoms with Gasteiger partial charge in [-0.1, -0.05) is 24.3 Å². The van der Waals surface area contributed by atoms with Gasteiger partial charge in [-0.3, -0.25) is 0 Å². The molecule has 33 heavy (non-hydrogen) atoms. The fraction of sp³-hybridized carbons (Fsp3) is 0.423. The fourth-order valence-corrected chi connectivity index (χ4v) is 4.63. The van der Waals surface area contributed by atoms with Gasteiger partial charge in [0.25, 0.3) is 0 Å². The van der Waals surface area contributed by atoms with Gasteiger partial charge in [0.05, 0.1) is 5.52 Å². The van der Waals surface area contributed by atoms with Crippen molar-refractivity contribution in [2.24, 2.45) is 5.92 Å². The topological polar surface area (TPSA) is 65.1 Å². The molecular weight excluding hydrogens is 428 g/mol. The number of nitrogens with one attached hydrogen (secondary N) is 3. The molecule has 6 nitrogen and oxygen atoms in total. The van der Waals surface area contributed by atoms with Crippen LogP contribution < -0.4 is 20.9 Å². The molecule has 1 fully saturated rings. The van der Waals surface area contributed by atoms with Crippen LogP contribution in [0.5, 0.6) is 0 Å². The van der Waals surface area contributed by atoms with Crippen molar-refractivity contribution < 1.29 is 0 Å². The normalized spacial score (nSPS) is 18.1. The smallest absolute Gasteiger partial charge is 0.225 e. The summed E-state index contributed by atoms with van der Waals surface area (Å²) in [5.74, 6) is 2.29. The van der Waals surface area contributed by atoms with E-state index in [9.17, 15) is 0 Å². The maximum absolute atomic E-state index is 5.53. The summed E-state index contributed by atoms with van der Waals surface area (Å²) in [6.45, 7) is 5.10. The lowest BCUT2D eigenvalue weighted by molar-refractivity contribution is 0.336. The average Bonchev–Trinajstić information content (AvgIpc) is 2.80. The number of thiocarbonyl (C=S) groups is 1. The second kappa shape index (κ2) is 10.3. The van der Waals surface area contributed by atoms with E-state index in [1.807, 2.05) is 37.2 Å². The van der Waals surface area contributed by atoms with Gasteiger partial charge >= 0.3 is 0 Å². The van der Waals surface area contributed by atoms with Crippen LogP contribution in [0.2, 0.25) is 0 Å². The standard InChI is InChI=1S/C26H34N6S/c1-17-9-10-18(2)23(15-17)30-26(33)27-16-19-11-13-20(14-12-19)28-25-29-22-8-6-5-7-21(22)24(31-25)32(3)4/h5-10,15,19-20H,11-14,16H2,1-4H3,(H2,27,30,33)(H,28,29,31)/t19-,20+. The summed E-state index contributed by atoms with van der Waals surface area (Å²) in [4.78, 5) is 11.6. The van der Waals surface area contributed by atoms with Crippen molar-refractivity contribution in [3.05, 3.63) is 53.6 Å². The first-order valence-electron chi connectivity index (χ1n) is 11.7. The molecule has 4 rings (SSSR count). The molecule has 174 valence electrons. The number of benzene rings is 2. The minimum atomic E-state index is 0.400. The Labute approximate surface area is 202 Å². The molecule has 0 spiro atoms. The Balaban J connectivity index is 1.28. The van der Waals surface area contributed by atoms with Crippen LogP contribution in [0.3, 0.4) is 0 Å². The summed E-state index contributed by atoms with van der Waals surface area (Å²) < 4.78 is 0. The monoisotopic (exact) mass is 462 g/mol. The molecule has 2 aromatic carbocycles. The fourth-order valence-electron chi connectivity index (χ4n) is 4.43. The van der Waals surface area contributed by atoms with Gasteiger partial charge < -0.3 is 20.9 Å². The largest absolute Gasteiger partial charge is 0.362 e. The van der Waals surface area contributed by atoms with E-state index in [2.05, 4.69) is 54.1 Å². The Bertz CT molecular complexity index is 1120. The molecule has 1 saturated carbocycles. The van der Waals surface area contributed by atoms with Crippen LogP contribution in [-0.4, -0.2) is 41.8 Å². The SMILES string of the molecule is Cc1ccc(C)c(NC(=S)NC[C@H]2CC[C@@H](Nc3nc(N(C)C)c4ccccc4n3)CC2)c1. The molecular formula is C26H34N6S. The maximum Gasteiger partial charge on any atom is 0.225 e. The Morgan fingerprint density at radius 2 is 1.79 bits per heavy atom. The van der Waals surface area contributed by atoms with Gasteiger partial charge in [-0.2, -0.15) is 4.98 Å². The van der Waals surface area contributed by atoms with Gasteiger partial charge in [-0.25, -0.2) is 4.98 Å². The van der Waals surface area contributed by atoms with Gasteiger partial charge in [0.15, 0.2) is 5.11 Å². The Morgan fingerprint density at radius 1 is 1.03 bits per heavy atom. The Hall–Kier alpha value is -2.93. The number of aryl methyl sites for hydroxylation is 2. The summed E-state index contributed by atoms with van der Waals surface area (Å²) in [6, 6.07) is 15.0. The molecule has 0 amide bonds. The first kappa shape index (κ1) is 23.2. The molecule has 7 heteroatoms. The second-order valence-corrected chi connectivity index (χ2v) is 9.71. The third-order valence-corrected chi connectivity index (χ3v) is 6.63. The van der Waals surface area contributed by atoms with Gasteiger partial charge in [0.1, 0.15) is 5.82 Å². The zero-order chi connectivity index (χ0) is 23.4. The van der Waals surface area contributed by atoms with Gasteiger partial charge in [0.2, 0.25) is 5.95 Å². The number of rotatable bonds is 6. The Kier molecular flexibility index (Phi) is 7.28. The zero-order valence-electron chi connectivity index (χ0n) is 20.0. The van der Waals surface area contributed by atoms with Crippen LogP contribution in [-0.2, 0) is 0 Å². The summed E-state index contributed by atoms with van der Waals surface area (Å²) in [6.07, 6.45) is 4.53. The molecule has 0 aliphatic heterocycles. The van der Waals surface area contributed by atoms with Crippen LogP contribution in [0.1, 0.15) is 36.8 Å². The first-order valence-corrected chi connectivity index (χ1v) is 12.1. The van der Waals surface area contributed by atoms with Gasteiger partial charge in [-0.15, -0.1) is 0 Å². The highest BCUT2D eigenvalue weighted by Gasteiger charge is 2.22. The molecule has 3 N–H and O–H groups in total. The number of anilines is 3. The number of fused-ring (bicyclic) bond motifs is 1. The minimum Gasteiger partial charge on any atom is -0.362 e. The lowest BCUT2D eigenvalue weighted by Gasteiger charge is -2.30. The number of para-hydroxylation sites is 1. The zero-order valence-corrected chi connectivity index (χ0v) is 20.8. The van der Waals surface area contributed by atoms with Crippen molar-refractivity contribution >= 4 is 45.7 Å². The quantitative estimate of drug-likeness (QED) is 0.431. The third-order valence-electron chi connectivity index (χ3n) is 6.38. The molecule has 3 aromatic rings. The molecule has 0 atom stereocenters. The lowest BCUT2D eigenvalue weighted by atomic mass is 9.86. The first-order chi connectivity index (χ1) is 15.9. The molecule has 1 aliphatic carbocycles. The van der Waals surface area contributed by atoms with E-state index < -0.39 is 0 Å². The van der Waals surface area contributed by atoms with Gasteiger partial charge in [0, 0.05) is 37.8 Å². The van der Waals surface area contributed by atoms with Crippen LogP contribution in [0.25, 0.3) is 10.9 Å². The predicted molar refractivity (Wildman–Crippen MR) is 143 cm³/mol. The van der Waals surface area contributed by atoms with Crippen LogP contribution in [0.4, 0.5) is 17.5 Å². The maximum atomic E-state index is 5.53. The summed E-state index contributed by atoms with van der Waals surface area (Å²) in [5.41, 5.74) is 4.48. The summed E-state index contributed by atoms with van der Waals surface area (Å²) in [7, 11) is 4.05. The van der Waals surface area contributed by atoms with Crippen LogP contribution in [0.15, 0.2) is 42.5 Å². The molecule has 0 bridgehead atoms. The van der Waals surface area contributed by atoms with E-state index in [0.717, 1.165) is 60.6 Å². The highest BCUT2D eigenvalue weighted by molar-refractivity contribution is 7.80. The highest BCUT2D eigenvalue weighted by Crippen LogP contribution is 2.28. The third kappa shape index (κ3) is 5.90. The Morgan fingerprint density at radius 3 is 2.55 bits per heavy atom. The summed E-state index contributed by atoms with van der Waals surface area (Å²) in [5, 5.41) is 12.1. The molecule has 0 unspecified atom stereocenters.